The lowest BCUT2D eigenvalue weighted by molar-refractivity contribution is 0.282. The van der Waals surface area contributed by atoms with Gasteiger partial charge in [0.05, 0.1) is 6.61 Å². The number of aliphatic hydroxyl groups is 1. The Bertz CT molecular complexity index is 327. The Kier molecular flexibility index (Phi) is 7.37. The average molecular weight is 251 g/mol. The molecule has 102 valence electrons. The summed E-state index contributed by atoms with van der Waals surface area (Å²) in [7, 11) is 0. The number of nitrogens with one attached hydrogen (secondary N) is 1. The van der Waals surface area contributed by atoms with Crippen LogP contribution in [0, 0.1) is 0 Å². The van der Waals surface area contributed by atoms with E-state index in [1.807, 2.05) is 12.1 Å². The van der Waals surface area contributed by atoms with Gasteiger partial charge in [-0.2, -0.15) is 0 Å². The van der Waals surface area contributed by atoms with Gasteiger partial charge in [0.15, 0.2) is 0 Å². The molecule has 1 rings (SSSR count). The number of nitrogens with zero attached hydrogens (tertiary/aromatic N) is 2. The van der Waals surface area contributed by atoms with Crippen molar-refractivity contribution in [2.24, 2.45) is 0 Å². The Balaban J connectivity index is 2.21. The highest BCUT2D eigenvalue weighted by Gasteiger charge is 2.01. The van der Waals surface area contributed by atoms with Crippen LogP contribution in [0.15, 0.2) is 18.3 Å². The third kappa shape index (κ3) is 5.02. The lowest BCUT2D eigenvalue weighted by Gasteiger charge is -2.17. The Labute approximate surface area is 110 Å². The quantitative estimate of drug-likeness (QED) is 0.660. The number of aromatic nitrogens is 1. The zero-order chi connectivity index (χ0) is 13.2. The second-order valence-electron chi connectivity index (χ2n) is 4.33. The third-order valence-electron chi connectivity index (χ3n) is 3.15. The van der Waals surface area contributed by atoms with Crippen molar-refractivity contribution in [3.63, 3.8) is 0 Å². The molecule has 0 saturated carbocycles. The van der Waals surface area contributed by atoms with Crippen molar-refractivity contribution >= 4 is 5.82 Å². The SMILES string of the molecule is CCN(CC)CCCCNc1ncccc1CO. The first-order valence-corrected chi connectivity index (χ1v) is 6.82. The lowest BCUT2D eigenvalue weighted by Crippen LogP contribution is -2.24. The molecule has 4 heteroatoms. The van der Waals surface area contributed by atoms with Crippen LogP contribution in [0.4, 0.5) is 5.82 Å². The number of anilines is 1. The smallest absolute Gasteiger partial charge is 0.131 e. The van der Waals surface area contributed by atoms with Crippen molar-refractivity contribution in [3.05, 3.63) is 23.9 Å². The standard InChI is InChI=1S/C14H25N3O/c1-3-17(4-2)11-6-5-9-15-14-13(12-18)8-7-10-16-14/h7-8,10,18H,3-6,9,11-12H2,1-2H3,(H,15,16). The highest BCUT2D eigenvalue weighted by Crippen LogP contribution is 2.10. The van der Waals surface area contributed by atoms with Crippen LogP contribution in [0.1, 0.15) is 32.3 Å². The maximum Gasteiger partial charge on any atom is 0.131 e. The van der Waals surface area contributed by atoms with Crippen LogP contribution in [-0.4, -0.2) is 41.2 Å². The zero-order valence-corrected chi connectivity index (χ0v) is 11.5. The molecule has 1 heterocycles. The van der Waals surface area contributed by atoms with Crippen LogP contribution < -0.4 is 5.32 Å². The molecule has 4 nitrogen and oxygen atoms in total. The lowest BCUT2D eigenvalue weighted by atomic mass is 10.2. The molecule has 1 aromatic rings. The first-order valence-electron chi connectivity index (χ1n) is 6.82. The van der Waals surface area contributed by atoms with Crippen molar-refractivity contribution in [2.75, 3.05) is 31.5 Å². The average Bonchev–Trinajstić information content (AvgIpc) is 2.43. The third-order valence-corrected chi connectivity index (χ3v) is 3.15. The molecule has 0 radical (unpaired) electrons. The van der Waals surface area contributed by atoms with Gasteiger partial charge in [0.1, 0.15) is 5.82 Å². The van der Waals surface area contributed by atoms with E-state index < -0.39 is 0 Å². The Morgan fingerprint density at radius 1 is 1.28 bits per heavy atom. The highest BCUT2D eigenvalue weighted by molar-refractivity contribution is 5.42. The number of aliphatic hydroxyl groups excluding tert-OH is 1. The molecule has 0 atom stereocenters. The van der Waals surface area contributed by atoms with Gasteiger partial charge in [-0.05, 0) is 38.5 Å². The maximum atomic E-state index is 9.17. The number of hydrogen-bond donors (Lipinski definition) is 2. The molecule has 0 aromatic carbocycles. The summed E-state index contributed by atoms with van der Waals surface area (Å²) in [5, 5.41) is 12.5. The minimum absolute atomic E-state index is 0.0373. The van der Waals surface area contributed by atoms with Crippen molar-refractivity contribution in [1.82, 2.24) is 9.88 Å². The molecule has 0 bridgehead atoms. The monoisotopic (exact) mass is 251 g/mol. The summed E-state index contributed by atoms with van der Waals surface area (Å²) in [5.41, 5.74) is 0.862. The molecule has 0 amide bonds. The van der Waals surface area contributed by atoms with Gasteiger partial charge >= 0.3 is 0 Å². The summed E-state index contributed by atoms with van der Waals surface area (Å²) < 4.78 is 0. The van der Waals surface area contributed by atoms with E-state index in [2.05, 4.69) is 29.0 Å². The maximum absolute atomic E-state index is 9.17. The van der Waals surface area contributed by atoms with Gasteiger partial charge in [-0.25, -0.2) is 4.98 Å². The van der Waals surface area contributed by atoms with Crippen LogP contribution in [-0.2, 0) is 6.61 Å². The summed E-state index contributed by atoms with van der Waals surface area (Å²) in [4.78, 5) is 6.66. The van der Waals surface area contributed by atoms with E-state index in [1.165, 1.54) is 6.42 Å². The topological polar surface area (TPSA) is 48.4 Å². The summed E-state index contributed by atoms with van der Waals surface area (Å²) in [5.74, 6) is 0.808. The van der Waals surface area contributed by atoms with Crippen molar-refractivity contribution in [2.45, 2.75) is 33.3 Å². The van der Waals surface area contributed by atoms with Crippen LogP contribution >= 0.6 is 0 Å². The fourth-order valence-corrected chi connectivity index (χ4v) is 1.93. The zero-order valence-electron chi connectivity index (χ0n) is 11.5. The van der Waals surface area contributed by atoms with Gasteiger partial charge in [-0.15, -0.1) is 0 Å². The number of unbranched alkanes of at least 4 members (excludes halogenated alkanes) is 1. The normalized spacial score (nSPS) is 10.9. The van der Waals surface area contributed by atoms with Gasteiger partial charge in [0.2, 0.25) is 0 Å². The van der Waals surface area contributed by atoms with Crippen LogP contribution in [0.2, 0.25) is 0 Å². The van der Waals surface area contributed by atoms with E-state index in [9.17, 15) is 5.11 Å². The largest absolute Gasteiger partial charge is 0.392 e. The molecule has 0 unspecified atom stereocenters. The van der Waals surface area contributed by atoms with E-state index in [4.69, 9.17) is 0 Å². The van der Waals surface area contributed by atoms with Crippen LogP contribution in [0.25, 0.3) is 0 Å². The van der Waals surface area contributed by atoms with Crippen LogP contribution in [0.3, 0.4) is 0 Å². The van der Waals surface area contributed by atoms with E-state index in [0.29, 0.717) is 0 Å². The summed E-state index contributed by atoms with van der Waals surface area (Å²) in [6.07, 6.45) is 4.06. The fraction of sp³-hybridized carbons (Fsp3) is 0.643. The van der Waals surface area contributed by atoms with Gasteiger partial charge in [0.25, 0.3) is 0 Å². The first kappa shape index (κ1) is 14.9. The molecule has 0 spiro atoms. The van der Waals surface area contributed by atoms with Gasteiger partial charge < -0.3 is 15.3 Å². The van der Waals surface area contributed by atoms with Gasteiger partial charge in [-0.1, -0.05) is 19.9 Å². The number of rotatable bonds is 9. The van der Waals surface area contributed by atoms with Gasteiger partial charge in [-0.3, -0.25) is 0 Å². The second kappa shape index (κ2) is 8.89. The molecule has 0 aliphatic rings. The predicted octanol–water partition coefficient (Wildman–Crippen LogP) is 2.11. The molecule has 0 aliphatic heterocycles. The van der Waals surface area contributed by atoms with Crippen molar-refractivity contribution in [3.8, 4) is 0 Å². The van der Waals surface area contributed by atoms with E-state index in [0.717, 1.165) is 44.0 Å². The second-order valence-corrected chi connectivity index (χ2v) is 4.33. The highest BCUT2D eigenvalue weighted by atomic mass is 16.3. The number of pyridine rings is 1. The van der Waals surface area contributed by atoms with E-state index in [1.54, 1.807) is 6.20 Å². The first-order chi connectivity index (χ1) is 8.81. The van der Waals surface area contributed by atoms with E-state index in [-0.39, 0.29) is 6.61 Å². The number of hydrogen-bond acceptors (Lipinski definition) is 4. The Hall–Kier alpha value is -1.13. The fourth-order valence-electron chi connectivity index (χ4n) is 1.93. The molecular weight excluding hydrogens is 226 g/mol. The summed E-state index contributed by atoms with van der Waals surface area (Å²) in [6, 6.07) is 3.74. The summed E-state index contributed by atoms with van der Waals surface area (Å²) in [6.45, 7) is 8.74. The molecular formula is C14H25N3O. The molecule has 0 saturated heterocycles. The Morgan fingerprint density at radius 3 is 2.72 bits per heavy atom. The molecule has 1 aromatic heterocycles. The van der Waals surface area contributed by atoms with E-state index >= 15 is 0 Å². The van der Waals surface area contributed by atoms with Crippen molar-refractivity contribution in [1.29, 1.82) is 0 Å². The minimum atomic E-state index is 0.0373. The molecule has 2 N–H and O–H groups in total. The van der Waals surface area contributed by atoms with Crippen molar-refractivity contribution < 1.29 is 5.11 Å². The molecule has 0 aliphatic carbocycles. The van der Waals surface area contributed by atoms with Crippen LogP contribution in [0.5, 0.6) is 0 Å². The van der Waals surface area contributed by atoms with Gasteiger partial charge in [0, 0.05) is 18.3 Å². The molecule has 18 heavy (non-hydrogen) atoms. The Morgan fingerprint density at radius 2 is 2.06 bits per heavy atom. The predicted molar refractivity (Wildman–Crippen MR) is 75.7 cm³/mol. The molecule has 0 fully saturated rings. The summed E-state index contributed by atoms with van der Waals surface area (Å²) >= 11 is 0. The minimum Gasteiger partial charge on any atom is -0.392 e.